The highest BCUT2D eigenvalue weighted by Gasteiger charge is 2.50. The minimum atomic E-state index is -2.38. The van der Waals surface area contributed by atoms with Gasteiger partial charge in [0.25, 0.3) is 0 Å². The first-order valence-corrected chi connectivity index (χ1v) is 11.3. The maximum atomic E-state index is 3.69. The second-order valence-electron chi connectivity index (χ2n) is 7.18. The SMILES string of the molecule is c1ccc2c(c1)Nc1ccccc1[Si]21c2ccccc2Nc2ccccc21. The van der Waals surface area contributed by atoms with E-state index in [2.05, 4.69) is 108 Å². The molecule has 0 amide bonds. The fraction of sp³-hybridized carbons (Fsp3) is 0. The Bertz CT molecular complexity index is 1010. The summed E-state index contributed by atoms with van der Waals surface area (Å²) in [6.45, 7) is 0. The first-order chi connectivity index (χ1) is 13.4. The molecule has 0 aromatic heterocycles. The van der Waals surface area contributed by atoms with Crippen LogP contribution in [0.15, 0.2) is 97.1 Å². The van der Waals surface area contributed by atoms with Crippen LogP contribution in [0.2, 0.25) is 0 Å². The van der Waals surface area contributed by atoms with Crippen LogP contribution in [0.4, 0.5) is 22.7 Å². The zero-order valence-corrected chi connectivity index (χ0v) is 15.7. The van der Waals surface area contributed by atoms with Crippen molar-refractivity contribution in [1.29, 1.82) is 0 Å². The molecule has 0 saturated heterocycles. The van der Waals surface area contributed by atoms with Crippen LogP contribution in [-0.4, -0.2) is 8.07 Å². The molecule has 0 saturated carbocycles. The number of fused-ring (bicyclic) bond motifs is 8. The third-order valence-corrected chi connectivity index (χ3v) is 10.8. The van der Waals surface area contributed by atoms with E-state index in [1.54, 1.807) is 0 Å². The standard InChI is InChI=1S/C24H18N2Si/c1-5-13-21-17(9-1)25-18-10-2-6-14-22(18)27(21)23-15-7-3-11-19(23)26-20-12-4-8-16-24(20)27/h1-16,25-26H. The molecule has 4 aromatic carbocycles. The lowest BCUT2D eigenvalue weighted by Crippen LogP contribution is -2.78. The summed E-state index contributed by atoms with van der Waals surface area (Å²) in [7, 11) is -2.38. The second kappa shape index (κ2) is 5.35. The topological polar surface area (TPSA) is 24.1 Å². The Kier molecular flexibility index (Phi) is 2.94. The molecule has 2 aliphatic heterocycles. The molecule has 4 aromatic rings. The van der Waals surface area contributed by atoms with Gasteiger partial charge in [-0.1, -0.05) is 72.8 Å². The number of nitrogens with one attached hydrogen (secondary N) is 2. The van der Waals surface area contributed by atoms with E-state index in [0.29, 0.717) is 0 Å². The van der Waals surface area contributed by atoms with E-state index in [0.717, 1.165) is 0 Å². The molecular weight excluding hydrogens is 344 g/mol. The van der Waals surface area contributed by atoms with Gasteiger partial charge in [-0.3, -0.25) is 0 Å². The van der Waals surface area contributed by atoms with E-state index in [4.69, 9.17) is 0 Å². The highest BCUT2D eigenvalue weighted by atomic mass is 28.3. The molecule has 27 heavy (non-hydrogen) atoms. The van der Waals surface area contributed by atoms with E-state index in [-0.39, 0.29) is 0 Å². The zero-order valence-electron chi connectivity index (χ0n) is 14.7. The van der Waals surface area contributed by atoms with E-state index in [1.807, 2.05) is 0 Å². The lowest BCUT2D eigenvalue weighted by Gasteiger charge is -2.44. The molecule has 2 nitrogen and oxygen atoms in total. The van der Waals surface area contributed by atoms with Crippen LogP contribution < -0.4 is 31.4 Å². The van der Waals surface area contributed by atoms with Crippen LogP contribution >= 0.6 is 0 Å². The molecule has 0 fully saturated rings. The summed E-state index contributed by atoms with van der Waals surface area (Å²) in [6.07, 6.45) is 0. The Morgan fingerprint density at radius 1 is 0.370 bits per heavy atom. The predicted molar refractivity (Wildman–Crippen MR) is 117 cm³/mol. The van der Waals surface area contributed by atoms with Crippen LogP contribution in [0, 0.1) is 0 Å². The van der Waals surface area contributed by atoms with Crippen LogP contribution in [0.5, 0.6) is 0 Å². The number of rotatable bonds is 0. The molecule has 2 heterocycles. The fourth-order valence-corrected chi connectivity index (χ4v) is 10.2. The van der Waals surface area contributed by atoms with Crippen molar-refractivity contribution in [1.82, 2.24) is 0 Å². The average Bonchev–Trinajstić information content (AvgIpc) is 2.73. The van der Waals surface area contributed by atoms with Crippen LogP contribution in [0.25, 0.3) is 0 Å². The van der Waals surface area contributed by atoms with E-state index in [9.17, 15) is 0 Å². The molecule has 0 unspecified atom stereocenters. The molecule has 2 N–H and O–H groups in total. The first kappa shape index (κ1) is 14.8. The Labute approximate surface area is 159 Å². The van der Waals surface area contributed by atoms with Gasteiger partial charge >= 0.3 is 0 Å². The number of para-hydroxylation sites is 4. The lowest BCUT2D eigenvalue weighted by atomic mass is 10.2. The van der Waals surface area contributed by atoms with Crippen molar-refractivity contribution in [2.45, 2.75) is 0 Å². The van der Waals surface area contributed by atoms with E-state index < -0.39 is 8.07 Å². The van der Waals surface area contributed by atoms with Gasteiger partial charge in [-0.25, -0.2) is 0 Å². The second-order valence-corrected chi connectivity index (χ2v) is 10.8. The van der Waals surface area contributed by atoms with Gasteiger partial charge < -0.3 is 10.6 Å². The van der Waals surface area contributed by atoms with E-state index >= 15 is 0 Å². The van der Waals surface area contributed by atoms with Crippen molar-refractivity contribution in [3.8, 4) is 0 Å². The Morgan fingerprint density at radius 3 is 0.926 bits per heavy atom. The minimum Gasteiger partial charge on any atom is -0.356 e. The van der Waals surface area contributed by atoms with Crippen molar-refractivity contribution in [3.05, 3.63) is 97.1 Å². The summed E-state index contributed by atoms with van der Waals surface area (Å²) >= 11 is 0. The molecule has 0 aliphatic carbocycles. The molecule has 0 atom stereocenters. The summed E-state index contributed by atoms with van der Waals surface area (Å²) in [5.74, 6) is 0. The third-order valence-electron chi connectivity index (χ3n) is 5.86. The van der Waals surface area contributed by atoms with Crippen molar-refractivity contribution in [2.75, 3.05) is 10.6 Å². The summed E-state index contributed by atoms with van der Waals surface area (Å²) in [4.78, 5) is 0. The van der Waals surface area contributed by atoms with Gasteiger partial charge in [0.05, 0.1) is 0 Å². The van der Waals surface area contributed by atoms with Crippen molar-refractivity contribution in [3.63, 3.8) is 0 Å². The molecule has 0 radical (unpaired) electrons. The monoisotopic (exact) mass is 362 g/mol. The van der Waals surface area contributed by atoms with Crippen LogP contribution in [-0.2, 0) is 0 Å². The van der Waals surface area contributed by atoms with E-state index in [1.165, 1.54) is 43.5 Å². The molecule has 128 valence electrons. The summed E-state index contributed by atoms with van der Waals surface area (Å²) < 4.78 is 0. The van der Waals surface area contributed by atoms with Gasteiger partial charge in [0.2, 0.25) is 0 Å². The quantitative estimate of drug-likeness (QED) is 0.406. The predicted octanol–water partition coefficient (Wildman–Crippen LogP) is 3.18. The molecule has 6 rings (SSSR count). The number of benzene rings is 4. The Hall–Kier alpha value is -3.30. The zero-order chi connectivity index (χ0) is 17.8. The van der Waals surface area contributed by atoms with Gasteiger partial charge in [0.15, 0.2) is 8.07 Å². The molecule has 1 spiro atoms. The average molecular weight is 363 g/mol. The fourth-order valence-electron chi connectivity index (χ4n) is 4.84. The number of hydrogen-bond acceptors (Lipinski definition) is 2. The van der Waals surface area contributed by atoms with Gasteiger partial charge in [0.1, 0.15) is 0 Å². The molecule has 3 heteroatoms. The highest BCUT2D eigenvalue weighted by Crippen LogP contribution is 2.31. The lowest BCUT2D eigenvalue weighted by molar-refractivity contribution is 1.51. The van der Waals surface area contributed by atoms with Gasteiger partial charge in [-0.05, 0) is 45.0 Å². The van der Waals surface area contributed by atoms with Gasteiger partial charge in [0, 0.05) is 22.7 Å². The van der Waals surface area contributed by atoms with Crippen LogP contribution in [0.1, 0.15) is 0 Å². The number of hydrogen-bond donors (Lipinski definition) is 2. The molecule has 2 aliphatic rings. The molecule has 0 bridgehead atoms. The van der Waals surface area contributed by atoms with Gasteiger partial charge in [-0.15, -0.1) is 0 Å². The highest BCUT2D eigenvalue weighted by molar-refractivity contribution is 7.22. The first-order valence-electron chi connectivity index (χ1n) is 9.31. The summed E-state index contributed by atoms with van der Waals surface area (Å²) in [5.41, 5.74) is 4.92. The van der Waals surface area contributed by atoms with Crippen molar-refractivity contribution >= 4 is 51.6 Å². The smallest absolute Gasteiger partial charge is 0.188 e. The van der Waals surface area contributed by atoms with Gasteiger partial charge in [-0.2, -0.15) is 0 Å². The molecular formula is C24H18N2Si. The minimum absolute atomic E-state index is 1.23. The normalized spacial score (nSPS) is 14.8. The van der Waals surface area contributed by atoms with Crippen molar-refractivity contribution < 1.29 is 0 Å². The van der Waals surface area contributed by atoms with Crippen LogP contribution in [0.3, 0.4) is 0 Å². The van der Waals surface area contributed by atoms with Crippen molar-refractivity contribution in [2.24, 2.45) is 0 Å². The summed E-state index contributed by atoms with van der Waals surface area (Å²) in [6, 6.07) is 35.4. The number of anilines is 4. The third kappa shape index (κ3) is 1.84. The Morgan fingerprint density at radius 2 is 0.630 bits per heavy atom. The maximum Gasteiger partial charge on any atom is 0.188 e. The largest absolute Gasteiger partial charge is 0.356 e. The Balaban J connectivity index is 1.85. The maximum absolute atomic E-state index is 3.69. The summed E-state index contributed by atoms with van der Waals surface area (Å²) in [5, 5.41) is 13.1.